The summed E-state index contributed by atoms with van der Waals surface area (Å²) in [6.07, 6.45) is 1.65. The highest BCUT2D eigenvalue weighted by Gasteiger charge is 2.32. The fourth-order valence-electron chi connectivity index (χ4n) is 3.02. The Morgan fingerprint density at radius 3 is 2.50 bits per heavy atom. The van der Waals surface area contributed by atoms with Gasteiger partial charge in [-0.25, -0.2) is 0 Å². The van der Waals surface area contributed by atoms with Crippen molar-refractivity contribution in [2.75, 3.05) is 6.54 Å². The van der Waals surface area contributed by atoms with Crippen LogP contribution in [0.2, 0.25) is 0 Å². The van der Waals surface area contributed by atoms with Gasteiger partial charge in [0.05, 0.1) is 12.2 Å². The van der Waals surface area contributed by atoms with Crippen molar-refractivity contribution in [3.63, 3.8) is 0 Å². The average Bonchev–Trinajstić information content (AvgIpc) is 2.44. The largest absolute Gasteiger partial charge is 0.390 e. The molecule has 0 spiro atoms. The van der Waals surface area contributed by atoms with Gasteiger partial charge in [0.15, 0.2) is 0 Å². The van der Waals surface area contributed by atoms with Crippen LogP contribution in [0.5, 0.6) is 0 Å². The van der Waals surface area contributed by atoms with Crippen LogP contribution in [0.15, 0.2) is 30.3 Å². The molecule has 1 aliphatic carbocycles. The Kier molecular flexibility index (Phi) is 5.58. The minimum absolute atomic E-state index is 0.185. The topological polar surface area (TPSA) is 43.7 Å². The van der Waals surface area contributed by atoms with Crippen molar-refractivity contribution < 1.29 is 10.2 Å². The van der Waals surface area contributed by atoms with E-state index < -0.39 is 12.2 Å². The number of aliphatic hydroxyl groups is 2. The molecule has 3 nitrogen and oxygen atoms in total. The predicted octanol–water partition coefficient (Wildman–Crippen LogP) is 2.42. The minimum Gasteiger partial charge on any atom is -0.390 e. The first-order valence-corrected chi connectivity index (χ1v) is 7.72. The van der Waals surface area contributed by atoms with Crippen LogP contribution < -0.4 is 0 Å². The van der Waals surface area contributed by atoms with Crippen LogP contribution in [0.4, 0.5) is 0 Å². The molecule has 0 radical (unpaired) electrons. The summed E-state index contributed by atoms with van der Waals surface area (Å²) in [6, 6.07) is 10.9. The lowest BCUT2D eigenvalue weighted by Crippen LogP contribution is -2.45. The third-order valence-corrected chi connectivity index (χ3v) is 4.38. The van der Waals surface area contributed by atoms with Gasteiger partial charge < -0.3 is 10.2 Å². The summed E-state index contributed by atoms with van der Waals surface area (Å²) in [4.78, 5) is 2.39. The van der Waals surface area contributed by atoms with Crippen molar-refractivity contribution in [1.82, 2.24) is 4.90 Å². The molecule has 0 aliphatic heterocycles. The van der Waals surface area contributed by atoms with Crippen molar-refractivity contribution in [3.05, 3.63) is 35.9 Å². The molecule has 2 N–H and O–H groups in total. The molecule has 1 fully saturated rings. The van der Waals surface area contributed by atoms with Crippen LogP contribution in [0, 0.1) is 5.92 Å². The van der Waals surface area contributed by atoms with Gasteiger partial charge in [-0.05, 0) is 32.3 Å². The molecule has 3 atom stereocenters. The molecule has 1 aliphatic rings. The zero-order chi connectivity index (χ0) is 14.5. The number of hydrogen-bond acceptors (Lipinski definition) is 3. The number of rotatable bonds is 5. The summed E-state index contributed by atoms with van der Waals surface area (Å²) < 4.78 is 0. The number of benzene rings is 1. The summed E-state index contributed by atoms with van der Waals surface area (Å²) in [7, 11) is 0. The maximum absolute atomic E-state index is 10.2. The zero-order valence-electron chi connectivity index (χ0n) is 12.6. The lowest BCUT2D eigenvalue weighted by molar-refractivity contribution is -0.0557. The van der Waals surface area contributed by atoms with Gasteiger partial charge >= 0.3 is 0 Å². The molecule has 3 heteroatoms. The molecule has 1 aromatic carbocycles. The summed E-state index contributed by atoms with van der Waals surface area (Å²) in [6.45, 7) is 6.13. The zero-order valence-corrected chi connectivity index (χ0v) is 12.6. The van der Waals surface area contributed by atoms with Gasteiger partial charge in [0.25, 0.3) is 0 Å². The van der Waals surface area contributed by atoms with Crippen LogP contribution >= 0.6 is 0 Å². The Bertz CT molecular complexity index is 393. The fraction of sp³-hybridized carbons (Fsp3) is 0.647. The van der Waals surface area contributed by atoms with Gasteiger partial charge in [-0.1, -0.05) is 36.8 Å². The number of aliphatic hydroxyl groups excluding tert-OH is 2. The van der Waals surface area contributed by atoms with Gasteiger partial charge in [-0.15, -0.1) is 0 Å². The van der Waals surface area contributed by atoms with E-state index in [4.69, 9.17) is 0 Å². The normalized spacial score (nSPS) is 27.2. The molecule has 1 saturated carbocycles. The van der Waals surface area contributed by atoms with Crippen molar-refractivity contribution >= 4 is 0 Å². The molecule has 2 rings (SSSR count). The molecule has 0 heterocycles. The predicted molar refractivity (Wildman–Crippen MR) is 81.3 cm³/mol. The Morgan fingerprint density at radius 2 is 1.85 bits per heavy atom. The summed E-state index contributed by atoms with van der Waals surface area (Å²) in [5.41, 5.74) is 1.30. The van der Waals surface area contributed by atoms with Gasteiger partial charge in [0, 0.05) is 25.0 Å². The van der Waals surface area contributed by atoms with Gasteiger partial charge in [0.1, 0.15) is 0 Å². The third kappa shape index (κ3) is 4.05. The van der Waals surface area contributed by atoms with Crippen molar-refractivity contribution in [1.29, 1.82) is 0 Å². The van der Waals surface area contributed by atoms with E-state index in [1.165, 1.54) is 5.56 Å². The lowest BCUT2D eigenvalue weighted by atomic mass is 9.84. The van der Waals surface area contributed by atoms with Crippen LogP contribution in [0.25, 0.3) is 0 Å². The maximum Gasteiger partial charge on any atom is 0.0839 e. The molecule has 0 aromatic heterocycles. The van der Waals surface area contributed by atoms with E-state index in [1.54, 1.807) is 0 Å². The highest BCUT2D eigenvalue weighted by Crippen LogP contribution is 2.26. The second-order valence-corrected chi connectivity index (χ2v) is 6.26. The molecule has 0 bridgehead atoms. The minimum atomic E-state index is -0.569. The second kappa shape index (κ2) is 7.21. The standard InChI is InChI=1S/C17H27NO2/c1-13(2)18(11-14-7-4-3-5-8-14)12-15-9-6-10-16(19)17(15)20/h3-5,7-8,13,15-17,19-20H,6,9-12H2,1-2H3/t15-,16+,17+/m0/s1. The number of hydrogen-bond donors (Lipinski definition) is 2. The lowest BCUT2D eigenvalue weighted by Gasteiger charge is -2.37. The first-order valence-electron chi connectivity index (χ1n) is 7.72. The first kappa shape index (κ1) is 15.5. The quantitative estimate of drug-likeness (QED) is 0.868. The molecule has 20 heavy (non-hydrogen) atoms. The van der Waals surface area contributed by atoms with Crippen LogP contribution in [0.3, 0.4) is 0 Å². The van der Waals surface area contributed by atoms with E-state index >= 15 is 0 Å². The molecule has 0 unspecified atom stereocenters. The molecule has 112 valence electrons. The van der Waals surface area contributed by atoms with Crippen LogP contribution in [-0.4, -0.2) is 39.9 Å². The van der Waals surface area contributed by atoms with Crippen LogP contribution in [0.1, 0.15) is 38.7 Å². The SMILES string of the molecule is CC(C)N(Cc1ccccc1)C[C@@H]1CCC[C@@H](O)[C@@H]1O. The van der Waals surface area contributed by atoms with Gasteiger partial charge in [-0.2, -0.15) is 0 Å². The first-order chi connectivity index (χ1) is 9.58. The van der Waals surface area contributed by atoms with E-state index in [0.29, 0.717) is 6.04 Å². The highest BCUT2D eigenvalue weighted by molar-refractivity contribution is 5.14. The Hall–Kier alpha value is -0.900. The monoisotopic (exact) mass is 277 g/mol. The highest BCUT2D eigenvalue weighted by atomic mass is 16.3. The summed E-state index contributed by atoms with van der Waals surface area (Å²) in [5, 5.41) is 20.0. The van der Waals surface area contributed by atoms with E-state index in [-0.39, 0.29) is 5.92 Å². The molecular formula is C17H27NO2. The number of nitrogens with zero attached hydrogens (tertiary/aromatic N) is 1. The summed E-state index contributed by atoms with van der Waals surface area (Å²) >= 11 is 0. The van der Waals surface area contributed by atoms with E-state index in [1.807, 2.05) is 6.07 Å². The van der Waals surface area contributed by atoms with Gasteiger partial charge in [0.2, 0.25) is 0 Å². The maximum atomic E-state index is 10.2. The van der Waals surface area contributed by atoms with Crippen molar-refractivity contribution in [3.8, 4) is 0 Å². The Labute approximate surface area is 122 Å². The summed E-state index contributed by atoms with van der Waals surface area (Å²) in [5.74, 6) is 0.185. The van der Waals surface area contributed by atoms with E-state index in [9.17, 15) is 10.2 Å². The third-order valence-electron chi connectivity index (χ3n) is 4.38. The molecule has 0 saturated heterocycles. The van der Waals surface area contributed by atoms with Gasteiger partial charge in [-0.3, -0.25) is 4.90 Å². The van der Waals surface area contributed by atoms with E-state index in [2.05, 4.69) is 43.0 Å². The van der Waals surface area contributed by atoms with Crippen LogP contribution in [-0.2, 0) is 6.54 Å². The smallest absolute Gasteiger partial charge is 0.0839 e. The van der Waals surface area contributed by atoms with Crippen molar-refractivity contribution in [2.24, 2.45) is 5.92 Å². The molecule has 0 amide bonds. The Morgan fingerprint density at radius 1 is 1.15 bits per heavy atom. The van der Waals surface area contributed by atoms with Crippen molar-refractivity contribution in [2.45, 2.75) is 57.9 Å². The Balaban J connectivity index is 1.98. The van der Waals surface area contributed by atoms with E-state index in [0.717, 1.165) is 32.4 Å². The fourth-order valence-corrected chi connectivity index (χ4v) is 3.02. The molecular weight excluding hydrogens is 250 g/mol. The second-order valence-electron chi connectivity index (χ2n) is 6.26. The molecule has 1 aromatic rings. The average molecular weight is 277 g/mol.